The van der Waals surface area contributed by atoms with Crippen LogP contribution in [-0.4, -0.2) is 21.2 Å². The first kappa shape index (κ1) is 21.9. The predicted octanol–water partition coefficient (Wildman–Crippen LogP) is 5.57. The van der Waals surface area contributed by atoms with E-state index in [1.54, 1.807) is 16.7 Å². The molecule has 0 saturated heterocycles. The van der Waals surface area contributed by atoms with Gasteiger partial charge in [0.05, 0.1) is 27.4 Å². The Kier molecular flexibility index (Phi) is 7.03. The monoisotopic (exact) mass is 493 g/mol. The standard InChI is InChI=1S/C21H21BrClN3O2S/c1-4-7-26-20(28)15-10-14(22)5-6-17(15)24-21(26)29-11-18(27)25-19-13(3)8-12(2)9-16(19)23/h5-6,8-10H,4,7,11H2,1-3H3,(H,25,27). The lowest BCUT2D eigenvalue weighted by Crippen LogP contribution is -2.24. The molecular weight excluding hydrogens is 474 g/mol. The zero-order valence-electron chi connectivity index (χ0n) is 16.4. The molecule has 0 unspecified atom stereocenters. The Morgan fingerprint density at radius 2 is 2.03 bits per heavy atom. The minimum atomic E-state index is -0.197. The van der Waals surface area contributed by atoms with Crippen LogP contribution in [0.2, 0.25) is 5.02 Å². The molecule has 1 heterocycles. The Hall–Kier alpha value is -1.83. The number of aryl methyl sites for hydroxylation is 2. The van der Waals surface area contributed by atoms with Gasteiger partial charge in [-0.05, 0) is 55.7 Å². The molecule has 0 aliphatic carbocycles. The average molecular weight is 495 g/mol. The number of nitrogens with one attached hydrogen (secondary N) is 1. The van der Waals surface area contributed by atoms with Gasteiger partial charge < -0.3 is 5.32 Å². The summed E-state index contributed by atoms with van der Waals surface area (Å²) in [6.07, 6.45) is 0.791. The molecule has 0 saturated carbocycles. The molecule has 3 aromatic rings. The van der Waals surface area contributed by atoms with Gasteiger partial charge in [-0.15, -0.1) is 0 Å². The van der Waals surface area contributed by atoms with E-state index in [4.69, 9.17) is 11.6 Å². The van der Waals surface area contributed by atoms with Crippen LogP contribution < -0.4 is 10.9 Å². The van der Waals surface area contributed by atoms with Crippen molar-refractivity contribution in [3.8, 4) is 0 Å². The van der Waals surface area contributed by atoms with Crippen LogP contribution in [0.25, 0.3) is 10.9 Å². The van der Waals surface area contributed by atoms with Gasteiger partial charge in [0.25, 0.3) is 5.56 Å². The Balaban J connectivity index is 1.84. The van der Waals surface area contributed by atoms with E-state index in [1.807, 2.05) is 39.0 Å². The fourth-order valence-corrected chi connectivity index (χ4v) is 4.64. The van der Waals surface area contributed by atoms with Crippen LogP contribution in [0.5, 0.6) is 0 Å². The Morgan fingerprint density at radius 3 is 2.72 bits per heavy atom. The molecule has 29 heavy (non-hydrogen) atoms. The third-order valence-electron chi connectivity index (χ3n) is 4.36. The Labute approximate surface area is 187 Å². The predicted molar refractivity (Wildman–Crippen MR) is 124 cm³/mol. The summed E-state index contributed by atoms with van der Waals surface area (Å²) < 4.78 is 2.47. The van der Waals surface area contributed by atoms with Crippen LogP contribution in [0.3, 0.4) is 0 Å². The van der Waals surface area contributed by atoms with Gasteiger partial charge in [0.15, 0.2) is 5.16 Å². The molecule has 0 atom stereocenters. The zero-order valence-corrected chi connectivity index (χ0v) is 19.5. The lowest BCUT2D eigenvalue weighted by atomic mass is 10.1. The maximum Gasteiger partial charge on any atom is 0.262 e. The first-order chi connectivity index (χ1) is 13.8. The molecule has 2 aromatic carbocycles. The molecular formula is C21H21BrClN3O2S. The molecule has 0 radical (unpaired) electrons. The molecule has 8 heteroatoms. The highest BCUT2D eigenvalue weighted by Gasteiger charge is 2.15. The lowest BCUT2D eigenvalue weighted by molar-refractivity contribution is -0.113. The van der Waals surface area contributed by atoms with Gasteiger partial charge in [0.1, 0.15) is 0 Å². The zero-order chi connectivity index (χ0) is 21.1. The van der Waals surface area contributed by atoms with Crippen molar-refractivity contribution >= 4 is 61.8 Å². The van der Waals surface area contributed by atoms with Crippen LogP contribution in [0, 0.1) is 13.8 Å². The molecule has 1 amide bonds. The molecule has 152 valence electrons. The van der Waals surface area contributed by atoms with E-state index in [2.05, 4.69) is 26.2 Å². The van der Waals surface area contributed by atoms with Crippen molar-refractivity contribution in [1.82, 2.24) is 9.55 Å². The van der Waals surface area contributed by atoms with E-state index >= 15 is 0 Å². The van der Waals surface area contributed by atoms with Gasteiger partial charge in [-0.3, -0.25) is 14.2 Å². The van der Waals surface area contributed by atoms with Crippen LogP contribution >= 0.6 is 39.3 Å². The summed E-state index contributed by atoms with van der Waals surface area (Å²) in [5.41, 5.74) is 3.08. The minimum absolute atomic E-state index is 0.0986. The number of fused-ring (bicyclic) bond motifs is 1. The lowest BCUT2D eigenvalue weighted by Gasteiger charge is -2.14. The van der Waals surface area contributed by atoms with E-state index in [1.165, 1.54) is 11.8 Å². The third-order valence-corrected chi connectivity index (χ3v) is 6.12. The maximum absolute atomic E-state index is 12.9. The van der Waals surface area contributed by atoms with E-state index in [0.29, 0.717) is 33.3 Å². The van der Waals surface area contributed by atoms with E-state index in [9.17, 15) is 9.59 Å². The Bertz CT molecular complexity index is 1120. The number of hydrogen-bond acceptors (Lipinski definition) is 4. The molecule has 0 aliphatic rings. The summed E-state index contributed by atoms with van der Waals surface area (Å²) in [6.45, 7) is 6.41. The average Bonchev–Trinajstić information content (AvgIpc) is 2.66. The summed E-state index contributed by atoms with van der Waals surface area (Å²) in [7, 11) is 0. The molecule has 0 bridgehead atoms. The van der Waals surface area contributed by atoms with Crippen LogP contribution in [0.4, 0.5) is 5.69 Å². The normalized spacial score (nSPS) is 11.1. The van der Waals surface area contributed by atoms with Gasteiger partial charge in [-0.25, -0.2) is 4.98 Å². The van der Waals surface area contributed by atoms with E-state index < -0.39 is 0 Å². The highest BCUT2D eigenvalue weighted by molar-refractivity contribution is 9.10. The topological polar surface area (TPSA) is 64.0 Å². The second-order valence-corrected chi connectivity index (χ2v) is 9.05. The molecule has 0 aliphatic heterocycles. The molecule has 0 fully saturated rings. The number of anilines is 1. The van der Waals surface area contributed by atoms with Crippen molar-refractivity contribution in [3.05, 3.63) is 61.3 Å². The van der Waals surface area contributed by atoms with Gasteiger partial charge in [0, 0.05) is 11.0 Å². The number of rotatable bonds is 6. The minimum Gasteiger partial charge on any atom is -0.324 e. The number of amides is 1. The SMILES string of the molecule is CCCn1c(SCC(=O)Nc2c(C)cc(C)cc2Cl)nc2ccc(Br)cc2c1=O. The quantitative estimate of drug-likeness (QED) is 0.359. The molecule has 1 aromatic heterocycles. The number of benzene rings is 2. The van der Waals surface area contributed by atoms with E-state index in [-0.39, 0.29) is 17.2 Å². The highest BCUT2D eigenvalue weighted by Crippen LogP contribution is 2.28. The molecule has 1 N–H and O–H groups in total. The fourth-order valence-electron chi connectivity index (χ4n) is 3.08. The van der Waals surface area contributed by atoms with Crippen LogP contribution in [-0.2, 0) is 11.3 Å². The van der Waals surface area contributed by atoms with Crippen molar-refractivity contribution in [2.75, 3.05) is 11.1 Å². The van der Waals surface area contributed by atoms with Gasteiger partial charge >= 0.3 is 0 Å². The summed E-state index contributed by atoms with van der Waals surface area (Å²) in [5.74, 6) is -0.0704. The molecule has 0 spiro atoms. The second kappa shape index (κ2) is 9.32. The number of carbonyl (C=O) groups excluding carboxylic acids is 1. The smallest absolute Gasteiger partial charge is 0.262 e. The summed E-state index contributed by atoms with van der Waals surface area (Å²) in [5, 5.41) is 4.48. The van der Waals surface area contributed by atoms with Gasteiger partial charge in [-0.2, -0.15) is 0 Å². The first-order valence-electron chi connectivity index (χ1n) is 9.19. The van der Waals surface area contributed by atoms with Crippen molar-refractivity contribution in [1.29, 1.82) is 0 Å². The summed E-state index contributed by atoms with van der Waals surface area (Å²) in [4.78, 5) is 30.1. The number of hydrogen-bond donors (Lipinski definition) is 1. The second-order valence-electron chi connectivity index (χ2n) is 6.79. The van der Waals surface area contributed by atoms with Crippen molar-refractivity contribution in [3.63, 3.8) is 0 Å². The number of aromatic nitrogens is 2. The van der Waals surface area contributed by atoms with E-state index in [0.717, 1.165) is 22.0 Å². The fraction of sp³-hybridized carbons (Fsp3) is 0.286. The molecule has 5 nitrogen and oxygen atoms in total. The van der Waals surface area contributed by atoms with Crippen LogP contribution in [0.15, 0.2) is 44.8 Å². The number of nitrogens with zero attached hydrogens (tertiary/aromatic N) is 2. The number of thioether (sulfide) groups is 1. The number of carbonyl (C=O) groups is 1. The van der Waals surface area contributed by atoms with Crippen molar-refractivity contribution in [2.45, 2.75) is 38.9 Å². The number of halogens is 2. The summed E-state index contributed by atoms with van der Waals surface area (Å²) >= 11 is 10.9. The van der Waals surface area contributed by atoms with Gasteiger partial charge in [0.2, 0.25) is 5.91 Å². The highest BCUT2D eigenvalue weighted by atomic mass is 79.9. The summed E-state index contributed by atoms with van der Waals surface area (Å²) in [6, 6.07) is 9.22. The largest absolute Gasteiger partial charge is 0.324 e. The Morgan fingerprint density at radius 1 is 1.28 bits per heavy atom. The maximum atomic E-state index is 12.9. The third kappa shape index (κ3) is 5.02. The van der Waals surface area contributed by atoms with Crippen LogP contribution in [0.1, 0.15) is 24.5 Å². The van der Waals surface area contributed by atoms with Gasteiger partial charge in [-0.1, -0.05) is 52.3 Å². The first-order valence-corrected chi connectivity index (χ1v) is 11.3. The van der Waals surface area contributed by atoms with Crippen molar-refractivity contribution in [2.24, 2.45) is 0 Å². The molecule has 3 rings (SSSR count). The van der Waals surface area contributed by atoms with Crippen molar-refractivity contribution < 1.29 is 4.79 Å².